The largest absolute Gasteiger partial charge is 0.430 e. The van der Waals surface area contributed by atoms with Crippen molar-refractivity contribution in [1.29, 1.82) is 0 Å². The maximum Gasteiger partial charge on any atom is 0.430 e. The van der Waals surface area contributed by atoms with Gasteiger partial charge >= 0.3 is 19.5 Å². The van der Waals surface area contributed by atoms with Crippen molar-refractivity contribution < 1.29 is 32.7 Å². The summed E-state index contributed by atoms with van der Waals surface area (Å²) in [7, 11) is -3.74. The smallest absolute Gasteiger partial charge is 0.419 e. The van der Waals surface area contributed by atoms with Gasteiger partial charge in [0.25, 0.3) is 0 Å². The van der Waals surface area contributed by atoms with Crippen molar-refractivity contribution in [2.24, 2.45) is 0 Å². The molecule has 0 aliphatic heterocycles. The molecule has 2 rings (SSSR count). The quantitative estimate of drug-likeness (QED) is 0.263. The minimum Gasteiger partial charge on any atom is -0.419 e. The normalized spacial score (nSPS) is 10.5. The highest BCUT2D eigenvalue weighted by atomic mass is 31.2. The minimum atomic E-state index is -3.74. The molecule has 7 nitrogen and oxygen atoms in total. The van der Waals surface area contributed by atoms with Crippen LogP contribution in [0.2, 0.25) is 0 Å². The Morgan fingerprint density at radius 2 is 1.18 bits per heavy atom. The number of ether oxygens (including phenoxy) is 2. The van der Waals surface area contributed by atoms with Crippen molar-refractivity contribution in [3.8, 4) is 23.0 Å². The first-order valence-electron chi connectivity index (χ1n) is 8.25. The third kappa shape index (κ3) is 5.59. The fourth-order valence-electron chi connectivity index (χ4n) is 1.97. The zero-order valence-corrected chi connectivity index (χ0v) is 16.1. The average molecular weight is 402 g/mol. The Labute approximate surface area is 162 Å². The molecule has 0 atom stereocenters. The van der Waals surface area contributed by atoms with Gasteiger partial charge < -0.3 is 18.5 Å². The van der Waals surface area contributed by atoms with Crippen molar-refractivity contribution in [3.63, 3.8) is 0 Å². The van der Waals surface area contributed by atoms with E-state index in [1.54, 1.807) is 31.2 Å². The average Bonchev–Trinajstić information content (AvgIpc) is 2.70. The topological polar surface area (TPSA) is 88.1 Å². The van der Waals surface area contributed by atoms with Crippen LogP contribution in [0.15, 0.2) is 73.8 Å². The van der Waals surface area contributed by atoms with E-state index < -0.39 is 19.5 Å². The molecule has 2 aromatic carbocycles. The summed E-state index contributed by atoms with van der Waals surface area (Å²) in [6.45, 7) is 8.27. The van der Waals surface area contributed by atoms with Gasteiger partial charge in [0.1, 0.15) is 0 Å². The minimum absolute atomic E-state index is 0.000474. The molecule has 0 unspecified atom stereocenters. The molecule has 0 aromatic heterocycles. The molecular weight excluding hydrogens is 383 g/mol. The molecule has 2 aromatic rings. The zero-order chi connectivity index (χ0) is 20.6. The van der Waals surface area contributed by atoms with Crippen molar-refractivity contribution in [2.75, 3.05) is 6.16 Å². The summed E-state index contributed by atoms with van der Waals surface area (Å²) in [5, 5.41) is 0. The van der Waals surface area contributed by atoms with Gasteiger partial charge in [-0.15, -0.1) is 0 Å². The van der Waals surface area contributed by atoms with Gasteiger partial charge in [-0.05, 0) is 24.3 Å². The van der Waals surface area contributed by atoms with Crippen molar-refractivity contribution >= 4 is 19.5 Å². The Balaban J connectivity index is 2.29. The van der Waals surface area contributed by atoms with E-state index in [0.29, 0.717) is 0 Å². The highest BCUT2D eigenvalue weighted by Gasteiger charge is 2.29. The SMILES string of the molecule is C=CC(=O)Oc1ccccc1OP(=O)(CC)Oc1ccccc1OC(=O)C=C. The van der Waals surface area contributed by atoms with E-state index >= 15 is 0 Å². The number of carbonyl (C=O) groups excluding carboxylic acids is 2. The summed E-state index contributed by atoms with van der Waals surface area (Å²) >= 11 is 0. The molecule has 8 heteroatoms. The molecule has 0 N–H and O–H groups in total. The van der Waals surface area contributed by atoms with Gasteiger partial charge in [-0.3, -0.25) is 0 Å². The fourth-order valence-corrected chi connectivity index (χ4v) is 3.16. The third-order valence-corrected chi connectivity index (χ3v) is 5.04. The number of para-hydroxylation sites is 4. The number of esters is 2. The predicted molar refractivity (Wildman–Crippen MR) is 104 cm³/mol. The molecule has 0 amide bonds. The Morgan fingerprint density at radius 1 is 0.821 bits per heavy atom. The number of carbonyl (C=O) groups is 2. The van der Waals surface area contributed by atoms with Crippen LogP contribution in [0.5, 0.6) is 23.0 Å². The summed E-state index contributed by atoms with van der Waals surface area (Å²) in [4.78, 5) is 23.0. The molecule has 0 aliphatic rings. The Morgan fingerprint density at radius 3 is 1.50 bits per heavy atom. The molecular formula is C20H19O7P. The van der Waals surface area contributed by atoms with Crippen molar-refractivity contribution in [3.05, 3.63) is 73.8 Å². The van der Waals surface area contributed by atoms with Crippen LogP contribution in [0.25, 0.3) is 0 Å². The lowest BCUT2D eigenvalue weighted by atomic mass is 10.3. The second-order valence-corrected chi connectivity index (χ2v) is 7.47. The lowest BCUT2D eigenvalue weighted by Gasteiger charge is -2.21. The van der Waals surface area contributed by atoms with E-state index in [4.69, 9.17) is 18.5 Å². The molecule has 0 fully saturated rings. The third-order valence-electron chi connectivity index (χ3n) is 3.31. The van der Waals surface area contributed by atoms with E-state index in [2.05, 4.69) is 13.2 Å². The molecule has 0 bridgehead atoms. The first-order chi connectivity index (χ1) is 13.4. The van der Waals surface area contributed by atoms with Crippen molar-refractivity contribution in [1.82, 2.24) is 0 Å². The second-order valence-electron chi connectivity index (χ2n) is 5.25. The Bertz CT molecular complexity index is 864. The lowest BCUT2D eigenvalue weighted by molar-refractivity contribution is -0.129. The molecule has 0 radical (unpaired) electrons. The molecule has 0 saturated heterocycles. The van der Waals surface area contributed by atoms with E-state index in [9.17, 15) is 14.2 Å². The lowest BCUT2D eigenvalue weighted by Crippen LogP contribution is -2.09. The van der Waals surface area contributed by atoms with E-state index in [1.807, 2.05) is 0 Å². The summed E-state index contributed by atoms with van der Waals surface area (Å²) in [5.41, 5.74) is 0. The summed E-state index contributed by atoms with van der Waals surface area (Å²) in [6.07, 6.45) is 1.99. The van der Waals surface area contributed by atoms with Gasteiger partial charge in [0.2, 0.25) is 0 Å². The Kier molecular flexibility index (Phi) is 7.18. The van der Waals surface area contributed by atoms with Crippen LogP contribution < -0.4 is 18.5 Å². The molecule has 0 aliphatic carbocycles. The Hall–Kier alpha value is -3.31. The summed E-state index contributed by atoms with van der Waals surface area (Å²) in [6, 6.07) is 12.4. The number of rotatable bonds is 9. The number of hydrogen-bond acceptors (Lipinski definition) is 7. The summed E-state index contributed by atoms with van der Waals surface area (Å²) in [5.74, 6) is -1.13. The number of benzene rings is 2. The van der Waals surface area contributed by atoms with Gasteiger partial charge in [0.05, 0.1) is 6.16 Å². The zero-order valence-electron chi connectivity index (χ0n) is 15.2. The molecule has 146 valence electrons. The maximum atomic E-state index is 13.2. The van der Waals surface area contributed by atoms with Crippen LogP contribution in [0.3, 0.4) is 0 Å². The first-order valence-corrected chi connectivity index (χ1v) is 9.98. The van der Waals surface area contributed by atoms with Gasteiger partial charge in [-0.2, -0.15) is 0 Å². The van der Waals surface area contributed by atoms with Crippen LogP contribution in [0, 0.1) is 0 Å². The van der Waals surface area contributed by atoms with Crippen LogP contribution >= 0.6 is 7.60 Å². The second kappa shape index (κ2) is 9.58. The predicted octanol–water partition coefficient (Wildman–Crippen LogP) is 4.54. The van der Waals surface area contributed by atoms with Crippen LogP contribution in [0.1, 0.15) is 6.92 Å². The molecule has 0 heterocycles. The highest BCUT2D eigenvalue weighted by Crippen LogP contribution is 2.51. The first kappa shape index (κ1) is 21.0. The van der Waals surface area contributed by atoms with E-state index in [0.717, 1.165) is 12.2 Å². The molecule has 28 heavy (non-hydrogen) atoms. The molecule has 0 spiro atoms. The van der Waals surface area contributed by atoms with Crippen LogP contribution in [0.4, 0.5) is 0 Å². The van der Waals surface area contributed by atoms with Crippen LogP contribution in [-0.4, -0.2) is 18.1 Å². The van der Waals surface area contributed by atoms with E-state index in [-0.39, 0.29) is 29.2 Å². The van der Waals surface area contributed by atoms with Crippen molar-refractivity contribution in [2.45, 2.75) is 6.92 Å². The maximum absolute atomic E-state index is 13.2. The fraction of sp³-hybridized carbons (Fsp3) is 0.100. The van der Waals surface area contributed by atoms with Gasteiger partial charge in [-0.1, -0.05) is 44.3 Å². The van der Waals surface area contributed by atoms with E-state index in [1.165, 1.54) is 24.3 Å². The summed E-state index contributed by atoms with van der Waals surface area (Å²) < 4.78 is 34.5. The standard InChI is InChI=1S/C20H19O7P/c1-4-19(21)24-15-11-7-9-13-17(15)26-28(23,6-3)27-18-14-10-8-12-16(18)25-20(22)5-2/h4-5,7-14H,1-2,6H2,3H3. The van der Waals surface area contributed by atoms with Gasteiger partial charge in [0, 0.05) is 12.2 Å². The monoisotopic (exact) mass is 402 g/mol. The van der Waals surface area contributed by atoms with Gasteiger partial charge in [-0.25, -0.2) is 14.2 Å². The number of hydrogen-bond donors (Lipinski definition) is 0. The molecule has 0 saturated carbocycles. The highest BCUT2D eigenvalue weighted by molar-refractivity contribution is 7.54. The van der Waals surface area contributed by atoms with Crippen LogP contribution in [-0.2, 0) is 14.2 Å². The van der Waals surface area contributed by atoms with Gasteiger partial charge in [0.15, 0.2) is 23.0 Å².